The average molecular weight is 346 g/mol. The number of hydrogen-bond donors (Lipinski definition) is 0. The molecule has 2 aromatic carbocycles. The van der Waals surface area contributed by atoms with E-state index < -0.39 is 17.8 Å². The number of methoxy groups -OCH3 is 2. The number of nitriles is 1. The fraction of sp³-hybridized carbons (Fsp3) is 0.190. The van der Waals surface area contributed by atoms with Crippen LogP contribution in [0.2, 0.25) is 0 Å². The molecule has 0 saturated carbocycles. The fourth-order valence-corrected chi connectivity index (χ4v) is 3.12. The number of nitrogens with zero attached hydrogens (tertiary/aromatic N) is 2. The molecule has 5 nitrogen and oxygen atoms in total. The Morgan fingerprint density at radius 1 is 1.12 bits per heavy atom. The predicted octanol–water partition coefficient (Wildman–Crippen LogP) is 3.69. The first-order valence-corrected chi connectivity index (χ1v) is 8.14. The van der Waals surface area contributed by atoms with Crippen molar-refractivity contribution in [3.05, 3.63) is 71.9 Å². The number of carbonyl (C=O) groups excluding carboxylic acids is 1. The Bertz CT molecular complexity index is 978. The largest absolute Gasteiger partial charge is 0.496 e. The second kappa shape index (κ2) is 7.66. The quantitative estimate of drug-likeness (QED) is 0.659. The Balaban J connectivity index is 2.22. The molecule has 3 rings (SSSR count). The third kappa shape index (κ3) is 3.22. The molecule has 3 aromatic rings. The van der Waals surface area contributed by atoms with Crippen molar-refractivity contribution in [2.45, 2.75) is 5.92 Å². The molecule has 1 heterocycles. The van der Waals surface area contributed by atoms with E-state index in [0.29, 0.717) is 5.75 Å². The highest BCUT2D eigenvalue weighted by Gasteiger charge is 2.34. The smallest absolute Gasteiger partial charge is 0.324 e. The highest BCUT2D eigenvalue weighted by atomic mass is 16.5. The van der Waals surface area contributed by atoms with Crippen molar-refractivity contribution in [1.29, 1.82) is 5.26 Å². The molecule has 2 unspecified atom stereocenters. The predicted molar refractivity (Wildman–Crippen MR) is 97.7 cm³/mol. The van der Waals surface area contributed by atoms with E-state index in [-0.39, 0.29) is 0 Å². The molecule has 0 bridgehead atoms. The Kier molecular flexibility index (Phi) is 5.14. The van der Waals surface area contributed by atoms with Gasteiger partial charge >= 0.3 is 5.97 Å². The molecule has 5 heteroatoms. The van der Waals surface area contributed by atoms with Crippen molar-refractivity contribution in [1.82, 2.24) is 4.98 Å². The molecule has 0 spiro atoms. The topological polar surface area (TPSA) is 72.2 Å². The molecule has 0 N–H and O–H groups in total. The van der Waals surface area contributed by atoms with Gasteiger partial charge in [0.05, 0.1) is 25.8 Å². The summed E-state index contributed by atoms with van der Waals surface area (Å²) in [5, 5.41) is 10.6. The lowest BCUT2D eigenvalue weighted by molar-refractivity contribution is -0.143. The molecule has 0 saturated heterocycles. The van der Waals surface area contributed by atoms with Crippen LogP contribution >= 0.6 is 0 Å². The van der Waals surface area contributed by atoms with Crippen molar-refractivity contribution in [3.8, 4) is 11.8 Å². The van der Waals surface area contributed by atoms with E-state index in [0.717, 1.165) is 22.0 Å². The normalized spacial score (nSPS) is 12.8. The Morgan fingerprint density at radius 2 is 1.85 bits per heavy atom. The monoisotopic (exact) mass is 346 g/mol. The number of benzene rings is 2. The van der Waals surface area contributed by atoms with E-state index in [4.69, 9.17) is 9.47 Å². The third-order valence-corrected chi connectivity index (χ3v) is 4.37. The van der Waals surface area contributed by atoms with Crippen LogP contribution in [0.5, 0.6) is 5.75 Å². The number of ether oxygens (including phenoxy) is 2. The molecule has 0 fully saturated rings. The van der Waals surface area contributed by atoms with Crippen molar-refractivity contribution in [3.63, 3.8) is 0 Å². The number of carbonyl (C=O) groups is 1. The summed E-state index contributed by atoms with van der Waals surface area (Å²) in [5.41, 5.74) is 2.34. The minimum atomic E-state index is -1.01. The van der Waals surface area contributed by atoms with Gasteiger partial charge in [0.2, 0.25) is 0 Å². The zero-order chi connectivity index (χ0) is 18.5. The van der Waals surface area contributed by atoms with Crippen LogP contribution in [0, 0.1) is 17.2 Å². The van der Waals surface area contributed by atoms with Gasteiger partial charge in [-0.15, -0.1) is 0 Å². The molecule has 0 aliphatic carbocycles. The van der Waals surface area contributed by atoms with Crippen LogP contribution in [0.15, 0.2) is 60.8 Å². The lowest BCUT2D eigenvalue weighted by atomic mass is 9.81. The van der Waals surface area contributed by atoms with E-state index in [2.05, 4.69) is 11.1 Å². The van der Waals surface area contributed by atoms with Crippen molar-refractivity contribution in [2.24, 2.45) is 5.92 Å². The van der Waals surface area contributed by atoms with Gasteiger partial charge in [0.15, 0.2) is 5.92 Å². The maximum absolute atomic E-state index is 12.3. The Labute approximate surface area is 151 Å². The SMILES string of the molecule is COC(=O)C(C#N)C(c1cnc2ccccc2c1)c1ccccc1OC. The minimum absolute atomic E-state index is 0.555. The van der Waals surface area contributed by atoms with Crippen LogP contribution in [-0.4, -0.2) is 25.2 Å². The molecule has 26 heavy (non-hydrogen) atoms. The summed E-state index contributed by atoms with van der Waals surface area (Å²) in [6.07, 6.45) is 1.70. The van der Waals surface area contributed by atoms with Crippen LogP contribution in [-0.2, 0) is 9.53 Å². The maximum Gasteiger partial charge on any atom is 0.324 e. The zero-order valence-electron chi connectivity index (χ0n) is 14.5. The summed E-state index contributed by atoms with van der Waals surface area (Å²) in [6, 6.07) is 19.1. The second-order valence-electron chi connectivity index (χ2n) is 5.81. The summed E-state index contributed by atoms with van der Waals surface area (Å²) in [4.78, 5) is 16.8. The van der Waals surface area contributed by atoms with Gasteiger partial charge in [-0.05, 0) is 23.8 Å². The van der Waals surface area contributed by atoms with E-state index in [1.807, 2.05) is 54.6 Å². The first-order valence-electron chi connectivity index (χ1n) is 8.14. The number of esters is 1. The molecule has 2 atom stereocenters. The van der Waals surface area contributed by atoms with Gasteiger partial charge in [0.1, 0.15) is 5.75 Å². The van der Waals surface area contributed by atoms with Gasteiger partial charge < -0.3 is 9.47 Å². The number of pyridine rings is 1. The van der Waals surface area contributed by atoms with E-state index in [1.165, 1.54) is 7.11 Å². The summed E-state index contributed by atoms with van der Waals surface area (Å²) < 4.78 is 10.3. The molecule has 0 radical (unpaired) electrons. The van der Waals surface area contributed by atoms with Crippen molar-refractivity contribution >= 4 is 16.9 Å². The molecule has 130 valence electrons. The van der Waals surface area contributed by atoms with Gasteiger partial charge in [-0.2, -0.15) is 5.26 Å². The van der Waals surface area contributed by atoms with Crippen LogP contribution in [0.4, 0.5) is 0 Å². The van der Waals surface area contributed by atoms with E-state index in [9.17, 15) is 10.1 Å². The number of aromatic nitrogens is 1. The molecule has 0 amide bonds. The second-order valence-corrected chi connectivity index (χ2v) is 5.81. The zero-order valence-corrected chi connectivity index (χ0v) is 14.5. The number of para-hydroxylation sites is 2. The summed E-state index contributed by atoms with van der Waals surface area (Å²) >= 11 is 0. The van der Waals surface area contributed by atoms with Crippen LogP contribution in [0.1, 0.15) is 17.0 Å². The van der Waals surface area contributed by atoms with Crippen molar-refractivity contribution < 1.29 is 14.3 Å². The van der Waals surface area contributed by atoms with Crippen molar-refractivity contribution in [2.75, 3.05) is 14.2 Å². The van der Waals surface area contributed by atoms with Gasteiger partial charge in [0, 0.05) is 23.1 Å². The van der Waals surface area contributed by atoms with Gasteiger partial charge in [-0.1, -0.05) is 36.4 Å². The lowest BCUT2D eigenvalue weighted by Crippen LogP contribution is -2.24. The van der Waals surface area contributed by atoms with Gasteiger partial charge in [-0.3, -0.25) is 9.78 Å². The molecule has 1 aromatic heterocycles. The van der Waals surface area contributed by atoms with E-state index in [1.54, 1.807) is 13.3 Å². The summed E-state index contributed by atoms with van der Waals surface area (Å²) in [5.74, 6) is -1.55. The highest BCUT2D eigenvalue weighted by Crippen LogP contribution is 2.38. The highest BCUT2D eigenvalue weighted by molar-refractivity contribution is 5.81. The van der Waals surface area contributed by atoms with Crippen LogP contribution in [0.25, 0.3) is 10.9 Å². The Morgan fingerprint density at radius 3 is 2.58 bits per heavy atom. The number of hydrogen-bond acceptors (Lipinski definition) is 5. The van der Waals surface area contributed by atoms with Crippen LogP contribution < -0.4 is 4.74 Å². The maximum atomic E-state index is 12.3. The number of fused-ring (bicyclic) bond motifs is 1. The van der Waals surface area contributed by atoms with Gasteiger partial charge in [0.25, 0.3) is 0 Å². The molecular weight excluding hydrogens is 328 g/mol. The Hall–Kier alpha value is -3.39. The van der Waals surface area contributed by atoms with E-state index >= 15 is 0 Å². The fourth-order valence-electron chi connectivity index (χ4n) is 3.12. The summed E-state index contributed by atoms with van der Waals surface area (Å²) in [7, 11) is 2.85. The summed E-state index contributed by atoms with van der Waals surface area (Å²) in [6.45, 7) is 0. The minimum Gasteiger partial charge on any atom is -0.496 e. The average Bonchev–Trinajstić information content (AvgIpc) is 2.71. The standard InChI is InChI=1S/C21H18N2O3/c1-25-19-10-6-4-8-16(19)20(17(12-22)21(24)26-2)15-11-14-7-3-5-9-18(14)23-13-15/h3-11,13,17,20H,1-2H3. The first kappa shape index (κ1) is 17.4. The first-order chi connectivity index (χ1) is 12.7. The molecule has 0 aliphatic rings. The molecule has 0 aliphatic heterocycles. The lowest BCUT2D eigenvalue weighted by Gasteiger charge is -2.23. The van der Waals surface area contributed by atoms with Gasteiger partial charge in [-0.25, -0.2) is 0 Å². The molecular formula is C21H18N2O3. The third-order valence-electron chi connectivity index (χ3n) is 4.37. The number of rotatable bonds is 5. The van der Waals surface area contributed by atoms with Crippen LogP contribution in [0.3, 0.4) is 0 Å².